The van der Waals surface area contributed by atoms with Gasteiger partial charge in [-0.3, -0.25) is 9.59 Å². The standard InChI is InChI=1S/C21H20ClN5O3/c1-25-8-10-26(11-9-25)21-23-17(15-3-2-12-30-15)16-18(24-21)20(29)27(19(16)28)14-6-4-13(22)5-7-14/h2-7,12,17H,8-11H2,1H3,(H,23,24). The largest absolute Gasteiger partial charge is 0.467 e. The smallest absolute Gasteiger partial charge is 0.282 e. The zero-order chi connectivity index (χ0) is 20.8. The first-order chi connectivity index (χ1) is 14.5. The third-order valence-corrected chi connectivity index (χ3v) is 5.83. The van der Waals surface area contributed by atoms with Gasteiger partial charge in [0, 0.05) is 31.2 Å². The van der Waals surface area contributed by atoms with E-state index in [0.717, 1.165) is 31.1 Å². The maximum absolute atomic E-state index is 13.3. The van der Waals surface area contributed by atoms with Gasteiger partial charge in [0.2, 0.25) is 0 Å². The number of benzene rings is 1. The topological polar surface area (TPSA) is 81.4 Å². The minimum absolute atomic E-state index is 0.250. The second-order valence-electron chi connectivity index (χ2n) is 7.50. The molecule has 1 atom stereocenters. The molecule has 0 aliphatic carbocycles. The third-order valence-electron chi connectivity index (χ3n) is 5.58. The first-order valence-electron chi connectivity index (χ1n) is 9.73. The van der Waals surface area contributed by atoms with Crippen molar-refractivity contribution in [2.24, 2.45) is 4.99 Å². The van der Waals surface area contributed by atoms with Crippen LogP contribution in [0.4, 0.5) is 5.69 Å². The number of hydrogen-bond acceptors (Lipinski definition) is 7. The van der Waals surface area contributed by atoms with Crippen LogP contribution in [0.5, 0.6) is 0 Å². The molecule has 1 fully saturated rings. The zero-order valence-electron chi connectivity index (χ0n) is 16.3. The van der Waals surface area contributed by atoms with E-state index in [0.29, 0.717) is 28.0 Å². The average Bonchev–Trinajstić information content (AvgIpc) is 3.37. The minimum atomic E-state index is -0.681. The first-order valence-corrected chi connectivity index (χ1v) is 10.1. The summed E-state index contributed by atoms with van der Waals surface area (Å²) in [6.07, 6.45) is 1.54. The van der Waals surface area contributed by atoms with Crippen molar-refractivity contribution in [3.8, 4) is 0 Å². The van der Waals surface area contributed by atoms with Crippen molar-refractivity contribution in [2.45, 2.75) is 6.04 Å². The maximum Gasteiger partial charge on any atom is 0.282 e. The summed E-state index contributed by atoms with van der Waals surface area (Å²) in [5.41, 5.74) is 1.01. The van der Waals surface area contributed by atoms with E-state index in [1.807, 2.05) is 0 Å². The fourth-order valence-electron chi connectivity index (χ4n) is 3.91. The highest BCUT2D eigenvalue weighted by molar-refractivity contribution is 6.34. The van der Waals surface area contributed by atoms with Crippen LogP contribution in [0, 0.1) is 0 Å². The molecule has 0 saturated carbocycles. The van der Waals surface area contributed by atoms with Gasteiger partial charge in [-0.1, -0.05) is 11.6 Å². The molecule has 1 aromatic heterocycles. The number of hydrogen-bond donors (Lipinski definition) is 1. The Bertz CT molecular complexity index is 1050. The number of rotatable bonds is 2. The van der Waals surface area contributed by atoms with Crippen molar-refractivity contribution in [3.63, 3.8) is 0 Å². The predicted molar refractivity (Wildman–Crippen MR) is 112 cm³/mol. The van der Waals surface area contributed by atoms with Crippen molar-refractivity contribution in [2.75, 3.05) is 38.1 Å². The number of aliphatic imine (C=N–C) groups is 1. The fourth-order valence-corrected chi connectivity index (χ4v) is 4.03. The number of imide groups is 1. The van der Waals surface area contributed by atoms with Crippen LogP contribution in [0.25, 0.3) is 0 Å². The van der Waals surface area contributed by atoms with Crippen LogP contribution in [0.2, 0.25) is 5.02 Å². The molecule has 0 radical (unpaired) electrons. The number of anilines is 1. The maximum atomic E-state index is 13.3. The van der Waals surface area contributed by atoms with E-state index in [9.17, 15) is 9.59 Å². The molecule has 0 bridgehead atoms. The second-order valence-corrected chi connectivity index (χ2v) is 7.93. The summed E-state index contributed by atoms with van der Waals surface area (Å²) in [6, 6.07) is 9.45. The highest BCUT2D eigenvalue weighted by Crippen LogP contribution is 2.38. The number of amides is 2. The Balaban J connectivity index is 1.52. The lowest BCUT2D eigenvalue weighted by atomic mass is 10.0. The number of piperazine rings is 1. The van der Waals surface area contributed by atoms with Crippen molar-refractivity contribution >= 4 is 35.1 Å². The number of guanidine groups is 1. The van der Waals surface area contributed by atoms with Crippen molar-refractivity contribution in [1.29, 1.82) is 0 Å². The van der Waals surface area contributed by atoms with Crippen molar-refractivity contribution in [3.05, 3.63) is 64.7 Å². The summed E-state index contributed by atoms with van der Waals surface area (Å²) in [7, 11) is 2.07. The van der Waals surface area contributed by atoms with Gasteiger partial charge in [-0.15, -0.1) is 0 Å². The van der Waals surface area contributed by atoms with Crippen LogP contribution in [-0.2, 0) is 9.59 Å². The fraction of sp³-hybridized carbons (Fsp3) is 0.286. The third kappa shape index (κ3) is 3.09. The van der Waals surface area contributed by atoms with Gasteiger partial charge in [-0.2, -0.15) is 0 Å². The van der Waals surface area contributed by atoms with Gasteiger partial charge in [0.05, 0.1) is 17.5 Å². The van der Waals surface area contributed by atoms with E-state index in [-0.39, 0.29) is 5.70 Å². The van der Waals surface area contributed by atoms with Gasteiger partial charge in [-0.05, 0) is 43.4 Å². The molecule has 2 aromatic rings. The quantitative estimate of drug-likeness (QED) is 0.741. The number of carbonyl (C=O) groups excluding carboxylic acids is 2. The molecule has 30 heavy (non-hydrogen) atoms. The lowest BCUT2D eigenvalue weighted by molar-refractivity contribution is -0.120. The number of furan rings is 1. The minimum Gasteiger partial charge on any atom is -0.467 e. The van der Waals surface area contributed by atoms with Gasteiger partial charge < -0.3 is 19.5 Å². The first kappa shape index (κ1) is 18.9. The molecule has 1 saturated heterocycles. The van der Waals surface area contributed by atoms with Crippen molar-refractivity contribution in [1.82, 2.24) is 15.1 Å². The molecular weight excluding hydrogens is 406 g/mol. The molecule has 4 heterocycles. The molecule has 2 amide bonds. The van der Waals surface area contributed by atoms with E-state index in [4.69, 9.17) is 21.0 Å². The van der Waals surface area contributed by atoms with Crippen LogP contribution < -0.4 is 10.2 Å². The summed E-state index contributed by atoms with van der Waals surface area (Å²) in [5.74, 6) is 0.292. The molecule has 3 aliphatic rings. The Morgan fingerprint density at radius 3 is 2.47 bits per heavy atom. The summed E-state index contributed by atoms with van der Waals surface area (Å²) in [6.45, 7) is 3.33. The monoisotopic (exact) mass is 425 g/mol. The molecule has 9 heteroatoms. The van der Waals surface area contributed by atoms with E-state index in [1.54, 1.807) is 42.7 Å². The van der Waals surface area contributed by atoms with Crippen LogP contribution in [0.3, 0.4) is 0 Å². The summed E-state index contributed by atoms with van der Waals surface area (Å²) < 4.78 is 5.58. The van der Waals surface area contributed by atoms with Crippen LogP contribution in [-0.4, -0.2) is 60.8 Å². The van der Waals surface area contributed by atoms with E-state index >= 15 is 0 Å². The van der Waals surface area contributed by atoms with E-state index in [1.165, 1.54) is 0 Å². The number of nitrogens with zero attached hydrogens (tertiary/aromatic N) is 4. The molecule has 3 aliphatic heterocycles. The Kier molecular flexibility index (Phi) is 4.60. The Hall–Kier alpha value is -3.10. The summed E-state index contributed by atoms with van der Waals surface area (Å²) >= 11 is 5.97. The van der Waals surface area contributed by atoms with Gasteiger partial charge in [-0.25, -0.2) is 9.89 Å². The molecule has 8 nitrogen and oxygen atoms in total. The van der Waals surface area contributed by atoms with E-state index in [2.05, 4.69) is 22.2 Å². The molecule has 1 aromatic carbocycles. The molecule has 1 N–H and O–H groups in total. The molecular formula is C21H20ClN5O3. The SMILES string of the molecule is CN1CCN(C2=NC(c3ccco3)C3=C(N2)C(=O)N(c2ccc(Cl)cc2)C3=O)CC1. The highest BCUT2D eigenvalue weighted by atomic mass is 35.5. The zero-order valence-corrected chi connectivity index (χ0v) is 17.1. The second kappa shape index (κ2) is 7.30. The molecule has 1 unspecified atom stereocenters. The lowest BCUT2D eigenvalue weighted by Gasteiger charge is -2.36. The predicted octanol–water partition coefficient (Wildman–Crippen LogP) is 2.01. The normalized spacial score (nSPS) is 22.3. The van der Waals surface area contributed by atoms with Crippen LogP contribution in [0.1, 0.15) is 11.8 Å². The Morgan fingerprint density at radius 1 is 1.07 bits per heavy atom. The number of nitrogens with one attached hydrogen (secondary N) is 1. The molecule has 154 valence electrons. The van der Waals surface area contributed by atoms with Gasteiger partial charge in [0.15, 0.2) is 5.96 Å². The van der Waals surface area contributed by atoms with Gasteiger partial charge in [0.25, 0.3) is 11.8 Å². The number of halogens is 1. The summed E-state index contributed by atoms with van der Waals surface area (Å²) in [5, 5.41) is 3.67. The molecule has 5 rings (SSSR count). The van der Waals surface area contributed by atoms with Gasteiger partial charge >= 0.3 is 0 Å². The average molecular weight is 426 g/mol. The van der Waals surface area contributed by atoms with Crippen LogP contribution in [0.15, 0.2) is 63.3 Å². The lowest BCUT2D eigenvalue weighted by Crippen LogP contribution is -2.52. The van der Waals surface area contributed by atoms with Crippen molar-refractivity contribution < 1.29 is 14.0 Å². The van der Waals surface area contributed by atoms with E-state index < -0.39 is 17.9 Å². The highest BCUT2D eigenvalue weighted by Gasteiger charge is 2.47. The molecule has 0 spiro atoms. The Morgan fingerprint density at radius 2 is 1.80 bits per heavy atom. The number of carbonyl (C=O) groups is 2. The van der Waals surface area contributed by atoms with Crippen LogP contribution >= 0.6 is 11.6 Å². The van der Waals surface area contributed by atoms with Gasteiger partial charge in [0.1, 0.15) is 17.5 Å². The Labute approximate surface area is 178 Å². The number of likely N-dealkylation sites (N-methyl/N-ethyl adjacent to an activating group) is 1. The summed E-state index contributed by atoms with van der Waals surface area (Å²) in [4.78, 5) is 36.9.